The van der Waals surface area contributed by atoms with Crippen molar-refractivity contribution in [3.05, 3.63) is 23.8 Å². The van der Waals surface area contributed by atoms with Crippen LogP contribution in [0.15, 0.2) is 12.4 Å². The monoisotopic (exact) mass is 221 g/mol. The number of rotatable bonds is 3. The summed E-state index contributed by atoms with van der Waals surface area (Å²) >= 11 is 0. The number of nitrogens with one attached hydrogen (secondary N) is 1. The van der Waals surface area contributed by atoms with E-state index in [0.717, 1.165) is 24.4 Å². The molecule has 1 fully saturated rings. The van der Waals surface area contributed by atoms with Crippen molar-refractivity contribution >= 4 is 0 Å². The van der Waals surface area contributed by atoms with Gasteiger partial charge in [-0.05, 0) is 27.2 Å². The Labute approximate surface area is 96.4 Å². The van der Waals surface area contributed by atoms with E-state index >= 15 is 0 Å². The fraction of sp³-hybridized carbons (Fsp3) is 0.667. The highest BCUT2D eigenvalue weighted by molar-refractivity contribution is 5.12. The summed E-state index contributed by atoms with van der Waals surface area (Å²) in [6, 6.07) is 0.652. The van der Waals surface area contributed by atoms with Crippen molar-refractivity contribution in [1.29, 1.82) is 0 Å². The maximum absolute atomic E-state index is 5.53. The van der Waals surface area contributed by atoms with E-state index in [4.69, 9.17) is 4.74 Å². The van der Waals surface area contributed by atoms with E-state index in [-0.39, 0.29) is 6.04 Å². The van der Waals surface area contributed by atoms with Crippen LogP contribution in [0, 0.1) is 6.92 Å². The van der Waals surface area contributed by atoms with Gasteiger partial charge in [0.05, 0.1) is 17.5 Å². The van der Waals surface area contributed by atoms with Gasteiger partial charge in [-0.15, -0.1) is 0 Å². The molecule has 2 heterocycles. The van der Waals surface area contributed by atoms with E-state index in [9.17, 15) is 0 Å². The molecule has 16 heavy (non-hydrogen) atoms. The van der Waals surface area contributed by atoms with Crippen molar-refractivity contribution in [2.45, 2.75) is 45.4 Å². The molecule has 1 N–H and O–H groups in total. The van der Waals surface area contributed by atoms with Crippen molar-refractivity contribution in [2.75, 3.05) is 6.61 Å². The third-order valence-corrected chi connectivity index (χ3v) is 3.17. The number of aryl methyl sites for hydroxylation is 1. The van der Waals surface area contributed by atoms with Crippen molar-refractivity contribution in [3.8, 4) is 0 Å². The Morgan fingerprint density at radius 1 is 1.44 bits per heavy atom. The number of hydrogen-bond donors (Lipinski definition) is 1. The Bertz CT molecular complexity index is 356. The Kier molecular flexibility index (Phi) is 3.51. The second-order valence-corrected chi connectivity index (χ2v) is 4.39. The van der Waals surface area contributed by atoms with Crippen LogP contribution >= 0.6 is 0 Å². The highest BCUT2D eigenvalue weighted by atomic mass is 16.5. The summed E-state index contributed by atoms with van der Waals surface area (Å²) in [5.41, 5.74) is 2.02. The maximum atomic E-state index is 5.53. The van der Waals surface area contributed by atoms with E-state index < -0.39 is 0 Å². The lowest BCUT2D eigenvalue weighted by Crippen LogP contribution is -2.37. The van der Waals surface area contributed by atoms with Crippen molar-refractivity contribution in [3.63, 3.8) is 0 Å². The summed E-state index contributed by atoms with van der Waals surface area (Å²) in [6.07, 6.45) is 4.84. The summed E-state index contributed by atoms with van der Waals surface area (Å²) in [7, 11) is 0. The first-order valence-corrected chi connectivity index (χ1v) is 5.83. The van der Waals surface area contributed by atoms with Gasteiger partial charge in [-0.25, -0.2) is 0 Å². The first kappa shape index (κ1) is 11.5. The molecular formula is C12H19N3O. The fourth-order valence-electron chi connectivity index (χ4n) is 2.19. The van der Waals surface area contributed by atoms with Gasteiger partial charge in [0.2, 0.25) is 0 Å². The highest BCUT2D eigenvalue weighted by Crippen LogP contribution is 2.18. The van der Waals surface area contributed by atoms with Crippen LogP contribution in [-0.2, 0) is 4.74 Å². The molecule has 88 valence electrons. The lowest BCUT2D eigenvalue weighted by atomic mass is 10.1. The molecule has 1 aromatic heterocycles. The Morgan fingerprint density at radius 2 is 2.19 bits per heavy atom. The summed E-state index contributed by atoms with van der Waals surface area (Å²) in [6.45, 7) is 7.09. The number of hydrogen-bond acceptors (Lipinski definition) is 4. The summed E-state index contributed by atoms with van der Waals surface area (Å²) in [4.78, 5) is 8.64. The minimum Gasteiger partial charge on any atom is -0.377 e. The third-order valence-electron chi connectivity index (χ3n) is 3.17. The zero-order valence-corrected chi connectivity index (χ0v) is 10.1. The zero-order valence-electron chi connectivity index (χ0n) is 10.1. The normalized spacial score (nSPS) is 26.9. The molecule has 0 aromatic carbocycles. The predicted molar refractivity (Wildman–Crippen MR) is 62.1 cm³/mol. The number of ether oxygens (including phenoxy) is 1. The molecule has 3 atom stereocenters. The summed E-state index contributed by atoms with van der Waals surface area (Å²) < 4.78 is 5.53. The molecule has 4 nitrogen and oxygen atoms in total. The van der Waals surface area contributed by atoms with Gasteiger partial charge in [0.15, 0.2) is 0 Å². The topological polar surface area (TPSA) is 47.0 Å². The molecule has 0 spiro atoms. The van der Waals surface area contributed by atoms with E-state index in [0.29, 0.717) is 12.1 Å². The molecule has 1 aliphatic rings. The fourth-order valence-corrected chi connectivity index (χ4v) is 2.19. The van der Waals surface area contributed by atoms with Gasteiger partial charge in [-0.1, -0.05) is 0 Å². The van der Waals surface area contributed by atoms with Gasteiger partial charge < -0.3 is 10.1 Å². The lowest BCUT2D eigenvalue weighted by molar-refractivity contribution is 0.111. The Balaban J connectivity index is 2.03. The molecule has 2 rings (SSSR count). The summed E-state index contributed by atoms with van der Waals surface area (Å²) in [5.74, 6) is 0. The molecule has 1 aromatic rings. The third kappa shape index (κ3) is 2.39. The zero-order chi connectivity index (χ0) is 11.5. The number of nitrogens with zero attached hydrogens (tertiary/aromatic N) is 2. The van der Waals surface area contributed by atoms with Gasteiger partial charge in [-0.2, -0.15) is 0 Å². The first-order chi connectivity index (χ1) is 7.68. The minimum atomic E-state index is 0.225. The van der Waals surface area contributed by atoms with Gasteiger partial charge in [0.25, 0.3) is 0 Å². The average Bonchev–Trinajstić information content (AvgIpc) is 2.65. The van der Waals surface area contributed by atoms with Gasteiger partial charge in [0, 0.05) is 31.1 Å². The van der Waals surface area contributed by atoms with Crippen LogP contribution in [-0.4, -0.2) is 28.7 Å². The van der Waals surface area contributed by atoms with Crippen molar-refractivity contribution in [2.24, 2.45) is 0 Å². The molecule has 4 heteroatoms. The largest absolute Gasteiger partial charge is 0.377 e. The molecule has 1 saturated heterocycles. The second kappa shape index (κ2) is 4.89. The number of aromatic nitrogens is 2. The quantitative estimate of drug-likeness (QED) is 0.842. The molecule has 0 radical (unpaired) electrons. The molecule has 0 amide bonds. The van der Waals surface area contributed by atoms with Gasteiger partial charge >= 0.3 is 0 Å². The standard InChI is InChI=1S/C12H19N3O/c1-8-12(14-6-5-13-8)9(2)15-11-4-7-16-10(11)3/h5-6,9-11,15H,4,7H2,1-3H3. The van der Waals surface area contributed by atoms with E-state index in [1.807, 2.05) is 6.92 Å². The van der Waals surface area contributed by atoms with Crippen LogP contribution in [0.3, 0.4) is 0 Å². The predicted octanol–water partition coefficient (Wildman–Crippen LogP) is 1.61. The summed E-state index contributed by atoms with van der Waals surface area (Å²) in [5, 5.41) is 3.56. The molecule has 3 unspecified atom stereocenters. The second-order valence-electron chi connectivity index (χ2n) is 4.39. The molecule has 0 saturated carbocycles. The van der Waals surface area contributed by atoms with Gasteiger partial charge in [0.1, 0.15) is 0 Å². The Hall–Kier alpha value is -1.00. The smallest absolute Gasteiger partial charge is 0.0782 e. The minimum absolute atomic E-state index is 0.225. The van der Waals surface area contributed by atoms with Crippen LogP contribution in [0.25, 0.3) is 0 Å². The molecular weight excluding hydrogens is 202 g/mol. The highest BCUT2D eigenvalue weighted by Gasteiger charge is 2.26. The van der Waals surface area contributed by atoms with Crippen LogP contribution in [0.4, 0.5) is 0 Å². The van der Waals surface area contributed by atoms with E-state index in [2.05, 4.69) is 29.1 Å². The SMILES string of the molecule is Cc1nccnc1C(C)NC1CCOC1C. The van der Waals surface area contributed by atoms with Crippen molar-refractivity contribution < 1.29 is 4.74 Å². The van der Waals surface area contributed by atoms with Crippen LogP contribution in [0.5, 0.6) is 0 Å². The van der Waals surface area contributed by atoms with Crippen LogP contribution in [0.2, 0.25) is 0 Å². The molecule has 1 aliphatic heterocycles. The van der Waals surface area contributed by atoms with Crippen molar-refractivity contribution in [1.82, 2.24) is 15.3 Å². The van der Waals surface area contributed by atoms with Crippen LogP contribution < -0.4 is 5.32 Å². The molecule has 0 aliphatic carbocycles. The van der Waals surface area contributed by atoms with E-state index in [1.165, 1.54) is 0 Å². The Morgan fingerprint density at radius 3 is 2.81 bits per heavy atom. The average molecular weight is 221 g/mol. The van der Waals surface area contributed by atoms with Crippen LogP contribution in [0.1, 0.15) is 37.7 Å². The first-order valence-electron chi connectivity index (χ1n) is 5.83. The van der Waals surface area contributed by atoms with Gasteiger partial charge in [-0.3, -0.25) is 9.97 Å². The lowest BCUT2D eigenvalue weighted by Gasteiger charge is -2.21. The maximum Gasteiger partial charge on any atom is 0.0782 e. The molecule has 0 bridgehead atoms. The van der Waals surface area contributed by atoms with E-state index in [1.54, 1.807) is 12.4 Å².